The molecule has 1 fully saturated rings. The van der Waals surface area contributed by atoms with Crippen LogP contribution in [0.15, 0.2) is 18.2 Å². The van der Waals surface area contributed by atoms with Gasteiger partial charge in [-0.1, -0.05) is 31.5 Å². The number of ether oxygens (including phenoxy) is 1. The zero-order chi connectivity index (χ0) is 12.6. The van der Waals surface area contributed by atoms with Crippen molar-refractivity contribution in [2.45, 2.75) is 45.6 Å². The van der Waals surface area contributed by atoms with Crippen molar-refractivity contribution in [3.05, 3.63) is 29.3 Å². The fraction of sp³-hybridized carbons (Fsp3) is 0.600. The molecule has 0 amide bonds. The standard InChI is InChI=1S/C15H23NO/c1-5-15(3)12(9-14(15)16)11-8-10(2)6-7-13(11)17-4/h6-8,12,14H,5,9,16H2,1-4H3. The Hall–Kier alpha value is -1.02. The van der Waals surface area contributed by atoms with Gasteiger partial charge in [-0.2, -0.15) is 0 Å². The third kappa shape index (κ3) is 1.85. The van der Waals surface area contributed by atoms with Gasteiger partial charge in [0.2, 0.25) is 0 Å². The van der Waals surface area contributed by atoms with Crippen LogP contribution in [0, 0.1) is 12.3 Å². The average Bonchev–Trinajstić information content (AvgIpc) is 2.34. The molecule has 2 rings (SSSR count). The third-order valence-electron chi connectivity index (χ3n) is 4.66. The largest absolute Gasteiger partial charge is 0.496 e. The summed E-state index contributed by atoms with van der Waals surface area (Å²) in [5.41, 5.74) is 9.03. The van der Waals surface area contributed by atoms with E-state index in [2.05, 4.69) is 39.0 Å². The Balaban J connectivity index is 2.38. The molecule has 1 saturated carbocycles. The molecule has 1 aliphatic rings. The SMILES string of the molecule is CCC1(C)C(N)CC1c1cc(C)ccc1OC. The van der Waals surface area contributed by atoms with E-state index in [1.807, 2.05) is 0 Å². The Labute approximate surface area is 104 Å². The summed E-state index contributed by atoms with van der Waals surface area (Å²) >= 11 is 0. The second-order valence-corrected chi connectivity index (χ2v) is 5.50. The molecule has 1 aromatic rings. The molecule has 0 saturated heterocycles. The van der Waals surface area contributed by atoms with Crippen molar-refractivity contribution in [3.63, 3.8) is 0 Å². The van der Waals surface area contributed by atoms with E-state index < -0.39 is 0 Å². The van der Waals surface area contributed by atoms with Crippen molar-refractivity contribution < 1.29 is 4.74 Å². The summed E-state index contributed by atoms with van der Waals surface area (Å²) < 4.78 is 5.49. The van der Waals surface area contributed by atoms with E-state index in [9.17, 15) is 0 Å². The molecule has 0 heterocycles. The maximum absolute atomic E-state index is 6.18. The number of aryl methyl sites for hydroxylation is 1. The van der Waals surface area contributed by atoms with Gasteiger partial charge in [0.25, 0.3) is 0 Å². The summed E-state index contributed by atoms with van der Waals surface area (Å²) in [6, 6.07) is 6.75. The van der Waals surface area contributed by atoms with E-state index in [4.69, 9.17) is 10.5 Å². The molecule has 0 aliphatic heterocycles. The molecule has 0 bridgehead atoms. The Bertz CT molecular complexity index is 415. The summed E-state index contributed by atoms with van der Waals surface area (Å²) in [6.45, 7) is 6.66. The van der Waals surface area contributed by atoms with Crippen LogP contribution < -0.4 is 10.5 Å². The van der Waals surface area contributed by atoms with Crippen molar-refractivity contribution in [1.29, 1.82) is 0 Å². The molecule has 0 spiro atoms. The van der Waals surface area contributed by atoms with Crippen LogP contribution in [0.3, 0.4) is 0 Å². The number of hydrogen-bond acceptors (Lipinski definition) is 2. The highest BCUT2D eigenvalue weighted by atomic mass is 16.5. The fourth-order valence-electron chi connectivity index (χ4n) is 3.01. The highest BCUT2D eigenvalue weighted by Gasteiger charge is 2.49. The van der Waals surface area contributed by atoms with Gasteiger partial charge >= 0.3 is 0 Å². The van der Waals surface area contributed by atoms with E-state index in [1.54, 1.807) is 7.11 Å². The molecule has 0 radical (unpaired) electrons. The first kappa shape index (κ1) is 12.4. The number of benzene rings is 1. The first-order valence-electron chi connectivity index (χ1n) is 6.43. The van der Waals surface area contributed by atoms with Crippen molar-refractivity contribution in [3.8, 4) is 5.75 Å². The van der Waals surface area contributed by atoms with Crippen molar-refractivity contribution in [2.75, 3.05) is 7.11 Å². The lowest BCUT2D eigenvalue weighted by Crippen LogP contribution is -2.54. The summed E-state index contributed by atoms with van der Waals surface area (Å²) in [4.78, 5) is 0. The van der Waals surface area contributed by atoms with Gasteiger partial charge in [-0.15, -0.1) is 0 Å². The van der Waals surface area contributed by atoms with Crippen LogP contribution in [0.4, 0.5) is 0 Å². The van der Waals surface area contributed by atoms with Crippen LogP contribution in [0.2, 0.25) is 0 Å². The van der Waals surface area contributed by atoms with Gasteiger partial charge in [-0.05, 0) is 42.7 Å². The molecule has 1 aliphatic carbocycles. The van der Waals surface area contributed by atoms with Gasteiger partial charge in [0.15, 0.2) is 0 Å². The summed E-state index contributed by atoms with van der Waals surface area (Å²) in [6.07, 6.45) is 2.19. The van der Waals surface area contributed by atoms with Crippen molar-refractivity contribution in [2.24, 2.45) is 11.1 Å². The molecular formula is C15H23NO. The van der Waals surface area contributed by atoms with Gasteiger partial charge < -0.3 is 10.5 Å². The highest BCUT2D eigenvalue weighted by molar-refractivity contribution is 5.42. The van der Waals surface area contributed by atoms with Crippen LogP contribution in [-0.4, -0.2) is 13.2 Å². The van der Waals surface area contributed by atoms with Crippen LogP contribution in [0.1, 0.15) is 43.7 Å². The van der Waals surface area contributed by atoms with Gasteiger partial charge in [-0.25, -0.2) is 0 Å². The van der Waals surface area contributed by atoms with E-state index in [-0.39, 0.29) is 5.41 Å². The van der Waals surface area contributed by atoms with Crippen LogP contribution in [0.25, 0.3) is 0 Å². The van der Waals surface area contributed by atoms with Gasteiger partial charge in [0.05, 0.1) is 7.11 Å². The van der Waals surface area contributed by atoms with Gasteiger partial charge in [-0.3, -0.25) is 0 Å². The normalized spacial score (nSPS) is 32.1. The van der Waals surface area contributed by atoms with E-state index in [1.165, 1.54) is 11.1 Å². The maximum Gasteiger partial charge on any atom is 0.122 e. The van der Waals surface area contributed by atoms with Gasteiger partial charge in [0, 0.05) is 6.04 Å². The highest BCUT2D eigenvalue weighted by Crippen LogP contribution is 2.55. The topological polar surface area (TPSA) is 35.2 Å². The average molecular weight is 233 g/mol. The lowest BCUT2D eigenvalue weighted by Gasteiger charge is -2.53. The maximum atomic E-state index is 6.18. The number of methoxy groups -OCH3 is 1. The number of hydrogen-bond donors (Lipinski definition) is 1. The minimum Gasteiger partial charge on any atom is -0.496 e. The van der Waals surface area contributed by atoms with E-state index >= 15 is 0 Å². The van der Waals surface area contributed by atoms with E-state index in [0.717, 1.165) is 18.6 Å². The smallest absolute Gasteiger partial charge is 0.122 e. The monoisotopic (exact) mass is 233 g/mol. The van der Waals surface area contributed by atoms with Gasteiger partial charge in [0.1, 0.15) is 5.75 Å². The number of nitrogens with two attached hydrogens (primary N) is 1. The molecule has 94 valence electrons. The minimum absolute atomic E-state index is 0.223. The molecular weight excluding hydrogens is 210 g/mol. The lowest BCUT2D eigenvalue weighted by molar-refractivity contribution is 0.0689. The predicted molar refractivity (Wildman–Crippen MR) is 71.5 cm³/mol. The second kappa shape index (κ2) is 4.34. The quantitative estimate of drug-likeness (QED) is 0.870. The molecule has 3 unspecified atom stereocenters. The predicted octanol–water partition coefficient (Wildman–Crippen LogP) is 3.23. The Morgan fingerprint density at radius 3 is 2.71 bits per heavy atom. The molecule has 3 atom stereocenters. The fourth-order valence-corrected chi connectivity index (χ4v) is 3.01. The van der Waals surface area contributed by atoms with Crippen molar-refractivity contribution >= 4 is 0 Å². The second-order valence-electron chi connectivity index (χ2n) is 5.50. The summed E-state index contributed by atoms with van der Waals surface area (Å²) in [5.74, 6) is 1.55. The van der Waals surface area contributed by atoms with Crippen LogP contribution >= 0.6 is 0 Å². The summed E-state index contributed by atoms with van der Waals surface area (Å²) in [7, 11) is 1.75. The molecule has 2 nitrogen and oxygen atoms in total. The number of rotatable bonds is 3. The molecule has 0 aromatic heterocycles. The minimum atomic E-state index is 0.223. The molecule has 2 heteroatoms. The van der Waals surface area contributed by atoms with E-state index in [0.29, 0.717) is 12.0 Å². The third-order valence-corrected chi connectivity index (χ3v) is 4.66. The first-order chi connectivity index (χ1) is 8.02. The Morgan fingerprint density at radius 2 is 2.18 bits per heavy atom. The zero-order valence-electron chi connectivity index (χ0n) is 11.3. The van der Waals surface area contributed by atoms with Crippen molar-refractivity contribution in [1.82, 2.24) is 0 Å². The Kier molecular flexibility index (Phi) is 3.17. The molecule has 1 aromatic carbocycles. The zero-order valence-corrected chi connectivity index (χ0v) is 11.3. The Morgan fingerprint density at radius 1 is 1.47 bits per heavy atom. The lowest BCUT2D eigenvalue weighted by atomic mass is 9.54. The molecule has 2 N–H and O–H groups in total. The summed E-state index contributed by atoms with van der Waals surface area (Å²) in [5, 5.41) is 0. The van der Waals surface area contributed by atoms with Crippen LogP contribution in [-0.2, 0) is 0 Å². The molecule has 17 heavy (non-hydrogen) atoms. The van der Waals surface area contributed by atoms with Crippen LogP contribution in [0.5, 0.6) is 5.75 Å². The first-order valence-corrected chi connectivity index (χ1v) is 6.43.